The first-order chi connectivity index (χ1) is 5.91. The Balaban J connectivity index is 2.96. The predicted molar refractivity (Wildman–Crippen MR) is 58.3 cm³/mol. The monoisotopic (exact) mass is 242 g/mol. The van der Waals surface area contributed by atoms with Gasteiger partial charge >= 0.3 is 0 Å². The third kappa shape index (κ3) is 2.78. The van der Waals surface area contributed by atoms with Crippen molar-refractivity contribution in [2.24, 2.45) is 11.1 Å². The van der Waals surface area contributed by atoms with Gasteiger partial charge in [0.05, 0.1) is 11.7 Å². The lowest BCUT2D eigenvalue weighted by Crippen LogP contribution is -2.27. The molecule has 72 valence electrons. The Kier molecular flexibility index (Phi) is 3.09. The van der Waals surface area contributed by atoms with Crippen LogP contribution >= 0.6 is 15.9 Å². The summed E-state index contributed by atoms with van der Waals surface area (Å²) in [4.78, 5) is 4.25. The fourth-order valence-electron chi connectivity index (χ4n) is 1.03. The molecule has 3 heteroatoms. The van der Waals surface area contributed by atoms with E-state index in [-0.39, 0.29) is 11.5 Å². The van der Waals surface area contributed by atoms with Crippen molar-refractivity contribution in [3.63, 3.8) is 0 Å². The highest BCUT2D eigenvalue weighted by molar-refractivity contribution is 9.10. The topological polar surface area (TPSA) is 38.9 Å². The maximum absolute atomic E-state index is 6.06. The van der Waals surface area contributed by atoms with E-state index in [0.717, 1.165) is 10.2 Å². The molecule has 0 amide bonds. The molecule has 0 aliphatic heterocycles. The molecule has 0 unspecified atom stereocenters. The highest BCUT2D eigenvalue weighted by Gasteiger charge is 2.23. The van der Waals surface area contributed by atoms with Gasteiger partial charge in [-0.15, -0.1) is 0 Å². The van der Waals surface area contributed by atoms with E-state index in [1.54, 1.807) is 6.20 Å². The van der Waals surface area contributed by atoms with E-state index in [1.807, 2.05) is 12.1 Å². The largest absolute Gasteiger partial charge is 0.322 e. The fourth-order valence-corrected chi connectivity index (χ4v) is 1.39. The molecule has 1 aromatic rings. The van der Waals surface area contributed by atoms with Gasteiger partial charge in [0.1, 0.15) is 0 Å². The average molecular weight is 243 g/mol. The lowest BCUT2D eigenvalue weighted by Gasteiger charge is -2.26. The van der Waals surface area contributed by atoms with Crippen molar-refractivity contribution in [1.82, 2.24) is 4.98 Å². The summed E-state index contributed by atoms with van der Waals surface area (Å²) in [6.07, 6.45) is 1.77. The number of pyridine rings is 1. The van der Waals surface area contributed by atoms with Crippen molar-refractivity contribution in [2.75, 3.05) is 0 Å². The van der Waals surface area contributed by atoms with Gasteiger partial charge in [-0.3, -0.25) is 4.98 Å². The molecule has 1 aromatic heterocycles. The Hall–Kier alpha value is -0.410. The Labute approximate surface area is 87.7 Å². The standard InChI is InChI=1S/C10H15BrN2/c1-10(2,3)9(12)8-6-7(11)4-5-13-8/h4-6,9H,12H2,1-3H3/t9-/m0/s1. The van der Waals surface area contributed by atoms with Crippen LogP contribution < -0.4 is 5.73 Å². The third-order valence-electron chi connectivity index (χ3n) is 1.99. The number of halogens is 1. The smallest absolute Gasteiger partial charge is 0.0587 e. The molecule has 0 bridgehead atoms. The summed E-state index contributed by atoms with van der Waals surface area (Å²) in [5, 5.41) is 0. The molecule has 13 heavy (non-hydrogen) atoms. The van der Waals surface area contributed by atoms with Gasteiger partial charge in [-0.05, 0) is 17.5 Å². The minimum atomic E-state index is -0.0231. The quantitative estimate of drug-likeness (QED) is 0.823. The van der Waals surface area contributed by atoms with E-state index in [2.05, 4.69) is 41.7 Å². The fraction of sp³-hybridized carbons (Fsp3) is 0.500. The summed E-state index contributed by atoms with van der Waals surface area (Å²) in [6.45, 7) is 6.33. The first-order valence-electron chi connectivity index (χ1n) is 4.28. The molecule has 0 aliphatic rings. The van der Waals surface area contributed by atoms with Crippen molar-refractivity contribution >= 4 is 15.9 Å². The molecule has 2 nitrogen and oxygen atoms in total. The highest BCUT2D eigenvalue weighted by atomic mass is 79.9. The minimum Gasteiger partial charge on any atom is -0.322 e. The first kappa shape index (κ1) is 10.7. The summed E-state index contributed by atoms with van der Waals surface area (Å²) in [5.74, 6) is 0. The van der Waals surface area contributed by atoms with Crippen LogP contribution in [0.3, 0.4) is 0 Å². The number of nitrogens with two attached hydrogens (primary N) is 1. The maximum Gasteiger partial charge on any atom is 0.0587 e. The van der Waals surface area contributed by atoms with Gasteiger partial charge in [0, 0.05) is 10.7 Å². The lowest BCUT2D eigenvalue weighted by molar-refractivity contribution is 0.321. The summed E-state index contributed by atoms with van der Waals surface area (Å²) in [5.41, 5.74) is 7.04. The second-order valence-electron chi connectivity index (χ2n) is 4.24. The number of rotatable bonds is 1. The van der Waals surface area contributed by atoms with Gasteiger partial charge in [0.25, 0.3) is 0 Å². The molecule has 0 aliphatic carbocycles. The summed E-state index contributed by atoms with van der Waals surface area (Å²) in [6, 6.07) is 3.85. The van der Waals surface area contributed by atoms with E-state index >= 15 is 0 Å². The van der Waals surface area contributed by atoms with Crippen molar-refractivity contribution in [3.05, 3.63) is 28.5 Å². The molecular weight excluding hydrogens is 228 g/mol. The van der Waals surface area contributed by atoms with E-state index < -0.39 is 0 Å². The SMILES string of the molecule is CC(C)(C)[C@@H](N)c1cc(Br)ccn1. The second-order valence-corrected chi connectivity index (χ2v) is 5.16. The number of aromatic nitrogens is 1. The van der Waals surface area contributed by atoms with Gasteiger partial charge in [-0.1, -0.05) is 36.7 Å². The van der Waals surface area contributed by atoms with Gasteiger partial charge in [0.15, 0.2) is 0 Å². The van der Waals surface area contributed by atoms with Crippen molar-refractivity contribution < 1.29 is 0 Å². The molecule has 0 spiro atoms. The van der Waals surface area contributed by atoms with Crippen molar-refractivity contribution in [3.8, 4) is 0 Å². The van der Waals surface area contributed by atoms with E-state index in [1.165, 1.54) is 0 Å². The van der Waals surface area contributed by atoms with E-state index in [4.69, 9.17) is 5.73 Å². The summed E-state index contributed by atoms with van der Waals surface area (Å²) in [7, 11) is 0. The number of hydrogen-bond donors (Lipinski definition) is 1. The lowest BCUT2D eigenvalue weighted by atomic mass is 9.85. The molecule has 0 fully saturated rings. The average Bonchev–Trinajstić information content (AvgIpc) is 2.01. The molecule has 1 atom stereocenters. The Bertz CT molecular complexity index is 291. The second kappa shape index (κ2) is 3.76. The molecule has 2 N–H and O–H groups in total. The normalized spacial score (nSPS) is 14.2. The minimum absolute atomic E-state index is 0.0231. The van der Waals surface area contributed by atoms with Crippen LogP contribution in [0.5, 0.6) is 0 Å². The van der Waals surface area contributed by atoms with Crippen molar-refractivity contribution in [1.29, 1.82) is 0 Å². The Morgan fingerprint density at radius 3 is 2.54 bits per heavy atom. The zero-order valence-electron chi connectivity index (χ0n) is 8.21. The zero-order chi connectivity index (χ0) is 10.1. The molecule has 0 radical (unpaired) electrons. The van der Waals surface area contributed by atoms with Crippen LogP contribution in [0.15, 0.2) is 22.8 Å². The molecular formula is C10H15BrN2. The first-order valence-corrected chi connectivity index (χ1v) is 5.07. The van der Waals surface area contributed by atoms with Crippen LogP contribution in [0.1, 0.15) is 32.5 Å². The molecule has 0 saturated carbocycles. The van der Waals surface area contributed by atoms with Crippen LogP contribution in [0, 0.1) is 5.41 Å². The van der Waals surface area contributed by atoms with Crippen LogP contribution in [-0.2, 0) is 0 Å². The summed E-state index contributed by atoms with van der Waals surface area (Å²) >= 11 is 3.40. The molecule has 0 saturated heterocycles. The van der Waals surface area contributed by atoms with Crippen LogP contribution in [-0.4, -0.2) is 4.98 Å². The molecule has 0 aromatic carbocycles. The Morgan fingerprint density at radius 1 is 1.46 bits per heavy atom. The van der Waals surface area contributed by atoms with Crippen LogP contribution in [0.4, 0.5) is 0 Å². The zero-order valence-corrected chi connectivity index (χ0v) is 9.80. The van der Waals surface area contributed by atoms with E-state index in [9.17, 15) is 0 Å². The van der Waals surface area contributed by atoms with Gasteiger partial charge in [-0.2, -0.15) is 0 Å². The number of hydrogen-bond acceptors (Lipinski definition) is 2. The maximum atomic E-state index is 6.06. The highest BCUT2D eigenvalue weighted by Crippen LogP contribution is 2.29. The Morgan fingerprint density at radius 2 is 2.08 bits per heavy atom. The number of nitrogens with zero attached hydrogens (tertiary/aromatic N) is 1. The summed E-state index contributed by atoms with van der Waals surface area (Å²) < 4.78 is 1.03. The van der Waals surface area contributed by atoms with Crippen LogP contribution in [0.25, 0.3) is 0 Å². The van der Waals surface area contributed by atoms with Gasteiger partial charge in [-0.25, -0.2) is 0 Å². The van der Waals surface area contributed by atoms with Gasteiger partial charge < -0.3 is 5.73 Å². The van der Waals surface area contributed by atoms with Gasteiger partial charge in [0.2, 0.25) is 0 Å². The predicted octanol–water partition coefficient (Wildman–Crippen LogP) is 2.89. The molecule has 1 heterocycles. The van der Waals surface area contributed by atoms with E-state index in [0.29, 0.717) is 0 Å². The third-order valence-corrected chi connectivity index (χ3v) is 2.49. The van der Waals surface area contributed by atoms with Crippen LogP contribution in [0.2, 0.25) is 0 Å². The molecule has 1 rings (SSSR count). The van der Waals surface area contributed by atoms with Crippen molar-refractivity contribution in [2.45, 2.75) is 26.8 Å².